The van der Waals surface area contributed by atoms with Gasteiger partial charge in [0.25, 0.3) is 0 Å². The second-order valence-electron chi connectivity index (χ2n) is 4.30. The van der Waals surface area contributed by atoms with Crippen molar-refractivity contribution in [1.82, 2.24) is 15.3 Å². The molecule has 0 bridgehead atoms. The highest BCUT2D eigenvalue weighted by atomic mass is 32.1. The molecule has 19 heavy (non-hydrogen) atoms. The third kappa shape index (κ3) is 2.83. The minimum absolute atomic E-state index is 0.280. The Labute approximate surface area is 120 Å². The lowest BCUT2D eigenvalue weighted by molar-refractivity contribution is 0.551. The Balaban J connectivity index is 1.90. The van der Waals surface area contributed by atoms with Crippen LogP contribution in [-0.2, 0) is 6.42 Å². The predicted octanol–water partition coefficient (Wildman–Crippen LogP) is 3.65. The Kier molecular flexibility index (Phi) is 3.87. The molecule has 0 aliphatic heterocycles. The van der Waals surface area contributed by atoms with E-state index in [2.05, 4.69) is 35.4 Å². The smallest absolute Gasteiger partial charge is 0.111 e. The predicted molar refractivity (Wildman–Crippen MR) is 81.9 cm³/mol. The van der Waals surface area contributed by atoms with E-state index in [9.17, 15) is 0 Å². The minimum Gasteiger partial charge on any atom is -0.308 e. The van der Waals surface area contributed by atoms with Gasteiger partial charge in [0.1, 0.15) is 5.01 Å². The lowest BCUT2D eigenvalue weighted by atomic mass is 10.2. The Bertz CT molecular complexity index is 613. The number of hydrogen-bond donors (Lipinski definition) is 1. The first kappa shape index (κ1) is 12.7. The lowest BCUT2D eigenvalue weighted by Crippen LogP contribution is -2.22. The van der Waals surface area contributed by atoms with Crippen molar-refractivity contribution in [2.45, 2.75) is 19.4 Å². The molecule has 1 atom stereocenters. The summed E-state index contributed by atoms with van der Waals surface area (Å²) in [6, 6.07) is 8.59. The van der Waals surface area contributed by atoms with Gasteiger partial charge in [-0.25, -0.2) is 4.98 Å². The molecule has 1 N–H and O–H groups in total. The number of thiazole rings is 2. The van der Waals surface area contributed by atoms with Crippen LogP contribution in [0.25, 0.3) is 10.2 Å². The van der Waals surface area contributed by atoms with Crippen LogP contribution in [0, 0.1) is 0 Å². The van der Waals surface area contributed by atoms with Crippen molar-refractivity contribution in [3.63, 3.8) is 0 Å². The molecule has 0 radical (unpaired) electrons. The SMILES string of the molecule is CCNC(Cc1cncs1)c1nc2ccccc2s1. The molecule has 1 unspecified atom stereocenters. The van der Waals surface area contributed by atoms with Crippen LogP contribution in [0.4, 0.5) is 0 Å². The molecule has 3 rings (SSSR count). The fourth-order valence-electron chi connectivity index (χ4n) is 2.08. The molecule has 0 fully saturated rings. The van der Waals surface area contributed by atoms with Gasteiger partial charge in [-0.05, 0) is 18.7 Å². The van der Waals surface area contributed by atoms with E-state index in [0.717, 1.165) is 23.5 Å². The van der Waals surface area contributed by atoms with E-state index in [1.165, 1.54) is 9.58 Å². The summed E-state index contributed by atoms with van der Waals surface area (Å²) < 4.78 is 1.25. The van der Waals surface area contributed by atoms with Gasteiger partial charge >= 0.3 is 0 Å². The second-order valence-corrected chi connectivity index (χ2v) is 6.34. The van der Waals surface area contributed by atoms with Gasteiger partial charge in [-0.3, -0.25) is 4.98 Å². The number of rotatable bonds is 5. The van der Waals surface area contributed by atoms with Gasteiger partial charge in [0.2, 0.25) is 0 Å². The van der Waals surface area contributed by atoms with Crippen molar-refractivity contribution >= 4 is 32.9 Å². The summed E-state index contributed by atoms with van der Waals surface area (Å²) in [6.07, 6.45) is 2.90. The van der Waals surface area contributed by atoms with E-state index in [1.54, 1.807) is 22.7 Å². The largest absolute Gasteiger partial charge is 0.308 e. The van der Waals surface area contributed by atoms with Gasteiger partial charge in [0, 0.05) is 17.5 Å². The van der Waals surface area contributed by atoms with Gasteiger partial charge in [0.15, 0.2) is 0 Å². The van der Waals surface area contributed by atoms with Crippen LogP contribution in [0.1, 0.15) is 22.9 Å². The summed E-state index contributed by atoms with van der Waals surface area (Å²) in [5, 5.41) is 4.69. The van der Waals surface area contributed by atoms with Crippen LogP contribution in [0.5, 0.6) is 0 Å². The molecule has 98 valence electrons. The average molecular weight is 289 g/mol. The quantitative estimate of drug-likeness (QED) is 0.779. The molecule has 0 amide bonds. The van der Waals surface area contributed by atoms with Crippen LogP contribution in [0.3, 0.4) is 0 Å². The number of nitrogens with zero attached hydrogens (tertiary/aromatic N) is 2. The maximum atomic E-state index is 4.75. The highest BCUT2D eigenvalue weighted by Crippen LogP contribution is 2.28. The molecule has 2 heterocycles. The van der Waals surface area contributed by atoms with Crippen LogP contribution >= 0.6 is 22.7 Å². The van der Waals surface area contributed by atoms with Crippen molar-refractivity contribution in [2.24, 2.45) is 0 Å². The molecule has 0 spiro atoms. The number of nitrogens with one attached hydrogen (secondary N) is 1. The molecule has 3 nitrogen and oxygen atoms in total. The second kappa shape index (κ2) is 5.77. The highest BCUT2D eigenvalue weighted by Gasteiger charge is 2.16. The monoisotopic (exact) mass is 289 g/mol. The van der Waals surface area contributed by atoms with Crippen molar-refractivity contribution in [3.05, 3.63) is 45.9 Å². The Morgan fingerprint density at radius 2 is 2.21 bits per heavy atom. The number of fused-ring (bicyclic) bond motifs is 1. The van der Waals surface area contributed by atoms with Crippen molar-refractivity contribution < 1.29 is 0 Å². The fourth-order valence-corrected chi connectivity index (χ4v) is 3.76. The molecular formula is C14H15N3S2. The summed E-state index contributed by atoms with van der Waals surface area (Å²) in [4.78, 5) is 10.2. The van der Waals surface area contributed by atoms with E-state index in [4.69, 9.17) is 4.98 Å². The van der Waals surface area contributed by atoms with Gasteiger partial charge in [-0.15, -0.1) is 22.7 Å². The Hall–Kier alpha value is -1.30. The zero-order valence-electron chi connectivity index (χ0n) is 10.7. The zero-order chi connectivity index (χ0) is 13.1. The van der Waals surface area contributed by atoms with Gasteiger partial charge in [0.05, 0.1) is 21.8 Å². The molecule has 2 aromatic heterocycles. The standard InChI is InChI=1S/C14H15N3S2/c1-2-16-12(7-10-8-15-9-18-10)14-17-11-5-3-4-6-13(11)19-14/h3-6,8-9,12,16H,2,7H2,1H3. The van der Waals surface area contributed by atoms with Crippen LogP contribution in [0.15, 0.2) is 36.0 Å². The highest BCUT2D eigenvalue weighted by molar-refractivity contribution is 7.18. The molecular weight excluding hydrogens is 274 g/mol. The molecule has 0 saturated carbocycles. The maximum absolute atomic E-state index is 4.75. The zero-order valence-corrected chi connectivity index (χ0v) is 12.3. The summed E-state index contributed by atoms with van der Waals surface area (Å²) in [5.74, 6) is 0. The first-order valence-electron chi connectivity index (χ1n) is 6.33. The third-order valence-electron chi connectivity index (χ3n) is 2.95. The number of aromatic nitrogens is 2. The van der Waals surface area contributed by atoms with Crippen molar-refractivity contribution in [3.8, 4) is 0 Å². The van der Waals surface area contributed by atoms with Crippen molar-refractivity contribution in [2.75, 3.05) is 6.54 Å². The number of benzene rings is 1. The summed E-state index contributed by atoms with van der Waals surface area (Å²) >= 11 is 3.48. The molecule has 5 heteroatoms. The number of para-hydroxylation sites is 1. The van der Waals surface area contributed by atoms with Crippen LogP contribution < -0.4 is 5.32 Å². The lowest BCUT2D eigenvalue weighted by Gasteiger charge is -2.13. The van der Waals surface area contributed by atoms with E-state index in [-0.39, 0.29) is 6.04 Å². The molecule has 0 saturated heterocycles. The molecule has 0 aliphatic rings. The summed E-state index contributed by atoms with van der Waals surface area (Å²) in [5.41, 5.74) is 2.98. The Morgan fingerprint density at radius 1 is 1.32 bits per heavy atom. The summed E-state index contributed by atoms with van der Waals surface area (Å²) in [7, 11) is 0. The minimum atomic E-state index is 0.280. The van der Waals surface area contributed by atoms with Crippen molar-refractivity contribution in [1.29, 1.82) is 0 Å². The topological polar surface area (TPSA) is 37.8 Å². The summed E-state index contributed by atoms with van der Waals surface area (Å²) in [6.45, 7) is 3.08. The van der Waals surface area contributed by atoms with Crippen LogP contribution in [0.2, 0.25) is 0 Å². The first-order chi connectivity index (χ1) is 9.36. The fraction of sp³-hybridized carbons (Fsp3) is 0.286. The van der Waals surface area contributed by atoms with E-state index >= 15 is 0 Å². The van der Waals surface area contributed by atoms with E-state index < -0.39 is 0 Å². The average Bonchev–Trinajstić information content (AvgIpc) is 3.06. The maximum Gasteiger partial charge on any atom is 0.111 e. The molecule has 3 aromatic rings. The van der Waals surface area contributed by atoms with Gasteiger partial charge in [-0.2, -0.15) is 0 Å². The number of likely N-dealkylation sites (N-methyl/N-ethyl adjacent to an activating group) is 1. The van der Waals surface area contributed by atoms with Gasteiger partial charge in [-0.1, -0.05) is 19.1 Å². The van der Waals surface area contributed by atoms with E-state index in [1.807, 2.05) is 17.8 Å². The normalized spacial score (nSPS) is 12.9. The molecule has 1 aromatic carbocycles. The third-order valence-corrected chi connectivity index (χ3v) is 4.90. The van der Waals surface area contributed by atoms with E-state index in [0.29, 0.717) is 0 Å². The number of hydrogen-bond acceptors (Lipinski definition) is 5. The Morgan fingerprint density at radius 3 is 2.95 bits per heavy atom. The first-order valence-corrected chi connectivity index (χ1v) is 8.02. The van der Waals surface area contributed by atoms with Crippen LogP contribution in [-0.4, -0.2) is 16.5 Å². The van der Waals surface area contributed by atoms with Gasteiger partial charge < -0.3 is 5.32 Å². The molecule has 0 aliphatic carbocycles.